The molecule has 2 aromatic rings. The number of carbonyl (C=O) groups is 2. The van der Waals surface area contributed by atoms with Gasteiger partial charge in [0.2, 0.25) is 5.89 Å². The van der Waals surface area contributed by atoms with Gasteiger partial charge >= 0.3 is 5.97 Å². The number of nitrogens with zero attached hydrogens (tertiary/aromatic N) is 2. The normalized spacial score (nSPS) is 10.2. The molecule has 2 rings (SSSR count). The van der Waals surface area contributed by atoms with Crippen molar-refractivity contribution in [3.05, 3.63) is 40.5 Å². The van der Waals surface area contributed by atoms with Crippen LogP contribution in [0.25, 0.3) is 0 Å². The fourth-order valence-corrected chi connectivity index (χ4v) is 1.55. The third kappa shape index (κ3) is 2.89. The van der Waals surface area contributed by atoms with E-state index in [9.17, 15) is 9.59 Å². The molecule has 0 aliphatic heterocycles. The molecule has 1 aromatic carbocycles. The van der Waals surface area contributed by atoms with Gasteiger partial charge in [0.1, 0.15) is 0 Å². The molecule has 0 aliphatic carbocycles. The molecule has 0 fully saturated rings. The van der Waals surface area contributed by atoms with Crippen LogP contribution in [0.2, 0.25) is 5.02 Å². The van der Waals surface area contributed by atoms with E-state index in [0.717, 1.165) is 0 Å². The average Bonchev–Trinajstić information content (AvgIpc) is 2.75. The number of benzene rings is 1. The Morgan fingerprint density at radius 1 is 1.42 bits per heavy atom. The van der Waals surface area contributed by atoms with Gasteiger partial charge in [0.25, 0.3) is 11.7 Å². The molecule has 1 heterocycles. The Morgan fingerprint density at radius 2 is 2.16 bits per heavy atom. The minimum Gasteiger partial charge on any atom is -0.478 e. The summed E-state index contributed by atoms with van der Waals surface area (Å²) in [5, 5.41) is 15.1. The molecular formula is C11H8ClN3O4. The second-order valence-corrected chi connectivity index (χ2v) is 4.02. The molecule has 0 bridgehead atoms. The number of halogens is 1. The summed E-state index contributed by atoms with van der Waals surface area (Å²) in [4.78, 5) is 26.5. The van der Waals surface area contributed by atoms with E-state index in [-0.39, 0.29) is 23.0 Å². The Balaban J connectivity index is 2.30. The third-order valence-electron chi connectivity index (χ3n) is 2.19. The summed E-state index contributed by atoms with van der Waals surface area (Å²) >= 11 is 5.76. The van der Waals surface area contributed by atoms with Crippen LogP contribution in [-0.2, 0) is 0 Å². The molecule has 1 aromatic heterocycles. The van der Waals surface area contributed by atoms with E-state index in [2.05, 4.69) is 20.0 Å². The molecule has 0 spiro atoms. The van der Waals surface area contributed by atoms with Gasteiger partial charge in [-0.1, -0.05) is 16.8 Å². The predicted octanol–water partition coefficient (Wildman–Crippen LogP) is 1.98. The second kappa shape index (κ2) is 5.07. The van der Waals surface area contributed by atoms with E-state index in [4.69, 9.17) is 16.7 Å². The number of carboxylic acids is 1. The van der Waals surface area contributed by atoms with Gasteiger partial charge in [-0.15, -0.1) is 0 Å². The Labute approximate surface area is 112 Å². The molecule has 0 radical (unpaired) electrons. The zero-order chi connectivity index (χ0) is 14.0. The lowest BCUT2D eigenvalue weighted by Gasteiger charge is -2.06. The molecule has 1 amide bonds. The summed E-state index contributed by atoms with van der Waals surface area (Å²) in [7, 11) is 0. The average molecular weight is 282 g/mol. The van der Waals surface area contributed by atoms with Gasteiger partial charge in [-0.05, 0) is 18.2 Å². The van der Waals surface area contributed by atoms with Crippen molar-refractivity contribution >= 4 is 29.2 Å². The van der Waals surface area contributed by atoms with Crippen molar-refractivity contribution in [3.8, 4) is 0 Å². The van der Waals surface area contributed by atoms with Gasteiger partial charge < -0.3 is 14.9 Å². The SMILES string of the molecule is Cc1nc(C(=O)Nc2cc(Cl)ccc2C(=O)O)no1. The second-order valence-electron chi connectivity index (χ2n) is 3.59. The molecule has 98 valence electrons. The van der Waals surface area contributed by atoms with Crippen LogP contribution in [0.1, 0.15) is 26.9 Å². The van der Waals surface area contributed by atoms with Crippen LogP contribution in [0, 0.1) is 6.92 Å². The molecular weight excluding hydrogens is 274 g/mol. The van der Waals surface area contributed by atoms with Gasteiger partial charge in [0.05, 0.1) is 11.3 Å². The number of aromatic carboxylic acids is 1. The molecule has 19 heavy (non-hydrogen) atoms. The van der Waals surface area contributed by atoms with Gasteiger partial charge in [0, 0.05) is 11.9 Å². The molecule has 0 saturated carbocycles. The van der Waals surface area contributed by atoms with Gasteiger partial charge in [-0.3, -0.25) is 4.79 Å². The molecule has 0 atom stereocenters. The minimum atomic E-state index is -1.18. The molecule has 0 saturated heterocycles. The quantitative estimate of drug-likeness (QED) is 0.891. The highest BCUT2D eigenvalue weighted by atomic mass is 35.5. The Hall–Kier alpha value is -2.41. The van der Waals surface area contributed by atoms with E-state index in [1.165, 1.54) is 25.1 Å². The van der Waals surface area contributed by atoms with Gasteiger partial charge in [0.15, 0.2) is 0 Å². The summed E-state index contributed by atoms with van der Waals surface area (Å²) in [5.74, 6) is -1.82. The van der Waals surface area contributed by atoms with Crippen molar-refractivity contribution in [1.29, 1.82) is 0 Å². The number of aromatic nitrogens is 2. The fraction of sp³-hybridized carbons (Fsp3) is 0.0909. The predicted molar refractivity (Wildman–Crippen MR) is 65.4 cm³/mol. The molecule has 8 heteroatoms. The topological polar surface area (TPSA) is 105 Å². The van der Waals surface area contributed by atoms with Crippen LogP contribution in [0.15, 0.2) is 22.7 Å². The van der Waals surface area contributed by atoms with Gasteiger partial charge in [-0.25, -0.2) is 4.79 Å². The summed E-state index contributed by atoms with van der Waals surface area (Å²) in [5.41, 5.74) is -0.0228. The summed E-state index contributed by atoms with van der Waals surface area (Å²) in [6.07, 6.45) is 0. The first-order chi connectivity index (χ1) is 8.97. The van der Waals surface area contributed by atoms with Crippen LogP contribution in [0.4, 0.5) is 5.69 Å². The van der Waals surface area contributed by atoms with Gasteiger partial charge in [-0.2, -0.15) is 4.98 Å². The van der Waals surface area contributed by atoms with Crippen LogP contribution in [-0.4, -0.2) is 27.1 Å². The zero-order valence-corrected chi connectivity index (χ0v) is 10.4. The summed E-state index contributed by atoms with van der Waals surface area (Å²) < 4.78 is 4.66. The van der Waals surface area contributed by atoms with Crippen molar-refractivity contribution in [2.45, 2.75) is 6.92 Å². The van der Waals surface area contributed by atoms with Crippen molar-refractivity contribution < 1.29 is 19.2 Å². The largest absolute Gasteiger partial charge is 0.478 e. The van der Waals surface area contributed by atoms with Crippen LogP contribution >= 0.6 is 11.6 Å². The lowest BCUT2D eigenvalue weighted by molar-refractivity contribution is 0.0698. The Bertz CT molecular complexity index is 653. The molecule has 0 aliphatic rings. The Kier molecular flexibility index (Phi) is 3.48. The number of carboxylic acid groups (broad SMARTS) is 1. The number of amides is 1. The van der Waals surface area contributed by atoms with Crippen molar-refractivity contribution in [2.24, 2.45) is 0 Å². The highest BCUT2D eigenvalue weighted by molar-refractivity contribution is 6.31. The van der Waals surface area contributed by atoms with E-state index in [1.807, 2.05) is 0 Å². The first-order valence-corrected chi connectivity index (χ1v) is 5.49. The van der Waals surface area contributed by atoms with Crippen molar-refractivity contribution in [1.82, 2.24) is 10.1 Å². The van der Waals surface area contributed by atoms with E-state index < -0.39 is 11.9 Å². The monoisotopic (exact) mass is 281 g/mol. The minimum absolute atomic E-state index is 0.0625. The highest BCUT2D eigenvalue weighted by Gasteiger charge is 2.17. The standard InChI is InChI=1S/C11H8ClN3O4/c1-5-13-9(15-19-5)10(16)14-8-4-6(12)2-3-7(8)11(17)18/h2-4H,1H3,(H,14,16)(H,17,18). The number of nitrogens with one attached hydrogen (secondary N) is 1. The van der Waals surface area contributed by atoms with Crippen LogP contribution in [0.5, 0.6) is 0 Å². The number of aryl methyl sites for hydroxylation is 1. The first kappa shape index (κ1) is 13.0. The molecule has 7 nitrogen and oxygen atoms in total. The number of anilines is 1. The highest BCUT2D eigenvalue weighted by Crippen LogP contribution is 2.21. The maximum atomic E-state index is 11.8. The third-order valence-corrected chi connectivity index (χ3v) is 2.43. The first-order valence-electron chi connectivity index (χ1n) is 5.12. The lowest BCUT2D eigenvalue weighted by atomic mass is 10.2. The maximum Gasteiger partial charge on any atom is 0.337 e. The lowest BCUT2D eigenvalue weighted by Crippen LogP contribution is -2.16. The smallest absolute Gasteiger partial charge is 0.337 e. The number of hydrogen-bond acceptors (Lipinski definition) is 5. The summed E-state index contributed by atoms with van der Waals surface area (Å²) in [6.45, 7) is 1.53. The fourth-order valence-electron chi connectivity index (χ4n) is 1.38. The van der Waals surface area contributed by atoms with Crippen molar-refractivity contribution in [3.63, 3.8) is 0 Å². The summed E-state index contributed by atoms with van der Waals surface area (Å²) in [6, 6.07) is 4.04. The number of hydrogen-bond donors (Lipinski definition) is 2. The number of carbonyl (C=O) groups excluding carboxylic acids is 1. The maximum absolute atomic E-state index is 11.8. The van der Waals surface area contributed by atoms with E-state index in [0.29, 0.717) is 5.02 Å². The number of rotatable bonds is 3. The van der Waals surface area contributed by atoms with Crippen molar-refractivity contribution in [2.75, 3.05) is 5.32 Å². The zero-order valence-electron chi connectivity index (χ0n) is 9.68. The Morgan fingerprint density at radius 3 is 2.74 bits per heavy atom. The van der Waals surface area contributed by atoms with Crippen LogP contribution < -0.4 is 5.32 Å². The van der Waals surface area contributed by atoms with E-state index in [1.54, 1.807) is 0 Å². The van der Waals surface area contributed by atoms with E-state index >= 15 is 0 Å². The van der Waals surface area contributed by atoms with Crippen LogP contribution in [0.3, 0.4) is 0 Å². The molecule has 0 unspecified atom stereocenters. The molecule has 2 N–H and O–H groups in total.